The number of thiol groups is 1. The first kappa shape index (κ1) is 24.6. The fourth-order valence-corrected chi connectivity index (χ4v) is 5.94. The number of halogens is 1. The highest BCUT2D eigenvalue weighted by Crippen LogP contribution is 2.37. The quantitative estimate of drug-likeness (QED) is 0.166. The standard InChI is InChI=1S/C28H25ClN4OS2/c1-32(18-20-12-14-30-15-13-20)19-22-17-26(33(31-22)25-9-4-3-8-24(25)29)28-11-10-27(35-28)21-6-5-7-23(16-21)36(2)34/h3-17H,18-19H2,1-2H3/p+1. The zero-order chi connectivity index (χ0) is 25.1. The zero-order valence-electron chi connectivity index (χ0n) is 20.0. The molecule has 0 aliphatic carbocycles. The molecule has 0 aliphatic heterocycles. The van der Waals surface area contributed by atoms with Gasteiger partial charge in [-0.25, -0.2) is 4.68 Å². The summed E-state index contributed by atoms with van der Waals surface area (Å²) >= 11 is 8.28. The lowest BCUT2D eigenvalue weighted by molar-refractivity contribution is 0.314. The van der Waals surface area contributed by atoms with Crippen LogP contribution in [0.15, 0.2) is 96.2 Å². The Kier molecular flexibility index (Phi) is 7.43. The molecule has 0 fully saturated rings. The lowest BCUT2D eigenvalue weighted by Gasteiger charge is -2.15. The molecule has 3 aromatic heterocycles. The number of hydrogen-bond acceptors (Lipinski definition) is 5. The summed E-state index contributed by atoms with van der Waals surface area (Å²) in [5.41, 5.74) is 5.06. The molecule has 2 aromatic carbocycles. The molecule has 8 heteroatoms. The van der Waals surface area contributed by atoms with Crippen molar-refractivity contribution in [1.29, 1.82) is 0 Å². The van der Waals surface area contributed by atoms with E-state index in [1.54, 1.807) is 17.6 Å². The summed E-state index contributed by atoms with van der Waals surface area (Å²) in [6, 6.07) is 26.1. The summed E-state index contributed by atoms with van der Waals surface area (Å²) in [5, 5.41) is 5.61. The molecular weight excluding hydrogens is 508 g/mol. The van der Waals surface area contributed by atoms with Gasteiger partial charge in [-0.1, -0.05) is 35.9 Å². The minimum Gasteiger partial charge on any atom is -0.296 e. The summed E-state index contributed by atoms with van der Waals surface area (Å²) in [6.07, 6.45) is 5.37. The van der Waals surface area contributed by atoms with Crippen LogP contribution in [0.4, 0.5) is 0 Å². The van der Waals surface area contributed by atoms with Gasteiger partial charge in [-0.3, -0.25) is 9.88 Å². The van der Waals surface area contributed by atoms with Crippen LogP contribution in [0.2, 0.25) is 5.02 Å². The Balaban J connectivity index is 1.50. The van der Waals surface area contributed by atoms with Gasteiger partial charge < -0.3 is 0 Å². The lowest BCUT2D eigenvalue weighted by Crippen LogP contribution is -2.17. The molecule has 0 amide bonds. The first-order valence-electron chi connectivity index (χ1n) is 11.5. The average molecular weight is 534 g/mol. The van der Waals surface area contributed by atoms with Crippen LogP contribution in [0.1, 0.15) is 11.3 Å². The summed E-state index contributed by atoms with van der Waals surface area (Å²) in [5.74, 6) is 0. The third-order valence-electron chi connectivity index (χ3n) is 5.83. The van der Waals surface area contributed by atoms with E-state index in [1.165, 1.54) is 5.56 Å². The van der Waals surface area contributed by atoms with Crippen molar-refractivity contribution in [1.82, 2.24) is 19.7 Å². The van der Waals surface area contributed by atoms with Gasteiger partial charge in [-0.05, 0) is 66.7 Å². The van der Waals surface area contributed by atoms with Crippen molar-refractivity contribution in [3.63, 3.8) is 0 Å². The third kappa shape index (κ3) is 5.50. The Morgan fingerprint density at radius 1 is 0.944 bits per heavy atom. The van der Waals surface area contributed by atoms with Crippen LogP contribution < -0.4 is 0 Å². The van der Waals surface area contributed by atoms with Crippen molar-refractivity contribution in [3.8, 4) is 26.7 Å². The molecule has 182 valence electrons. The number of nitrogens with zero attached hydrogens (tertiary/aromatic N) is 4. The highest BCUT2D eigenvalue weighted by molar-refractivity contribution is 7.84. The molecule has 1 atom stereocenters. The number of aromatic nitrogens is 3. The molecule has 0 saturated heterocycles. The predicted octanol–water partition coefficient (Wildman–Crippen LogP) is 6.63. The van der Waals surface area contributed by atoms with E-state index < -0.39 is 10.8 Å². The minimum atomic E-state index is -1.38. The molecule has 0 aliphatic rings. The number of rotatable bonds is 8. The van der Waals surface area contributed by atoms with E-state index in [9.17, 15) is 4.21 Å². The molecular formula is C28H26ClN4OS2+. The van der Waals surface area contributed by atoms with Gasteiger partial charge in [-0.15, -0.1) is 15.5 Å². The fraction of sp³-hybridized carbons (Fsp3) is 0.143. The van der Waals surface area contributed by atoms with Crippen LogP contribution in [0.5, 0.6) is 0 Å². The van der Waals surface area contributed by atoms with Crippen molar-refractivity contribution < 1.29 is 4.21 Å². The maximum absolute atomic E-state index is 12.0. The average Bonchev–Trinajstić information content (AvgIpc) is 3.52. The number of benzene rings is 2. The number of para-hydroxylation sites is 1. The third-order valence-corrected chi connectivity index (χ3v) is 8.31. The van der Waals surface area contributed by atoms with E-state index in [2.05, 4.69) is 41.2 Å². The Morgan fingerprint density at radius 3 is 2.50 bits per heavy atom. The van der Waals surface area contributed by atoms with Crippen LogP contribution in [0.3, 0.4) is 0 Å². The van der Waals surface area contributed by atoms with Crippen LogP contribution in [0, 0.1) is 0 Å². The maximum atomic E-state index is 12.0. The largest absolute Gasteiger partial charge is 0.296 e. The Morgan fingerprint density at radius 2 is 1.72 bits per heavy atom. The second-order valence-electron chi connectivity index (χ2n) is 8.62. The van der Waals surface area contributed by atoms with Crippen LogP contribution in [-0.2, 0) is 28.1 Å². The molecule has 0 bridgehead atoms. The first-order chi connectivity index (χ1) is 17.5. The SMILES string of the molecule is CN(Cc1ccncc1)Cc1cc(-c2ccc(-c3cccc([SH+](C)=O)c3)s2)n(-c2ccccc2Cl)n1. The second-order valence-corrected chi connectivity index (χ2v) is 11.6. The summed E-state index contributed by atoms with van der Waals surface area (Å²) in [7, 11) is 0.702. The van der Waals surface area contributed by atoms with Crippen LogP contribution in [-0.4, -0.2) is 33.0 Å². The van der Waals surface area contributed by atoms with E-state index in [0.29, 0.717) is 11.6 Å². The first-order valence-corrected chi connectivity index (χ1v) is 14.4. The summed E-state index contributed by atoms with van der Waals surface area (Å²) in [6.45, 7) is 1.49. The van der Waals surface area contributed by atoms with Gasteiger partial charge in [0.25, 0.3) is 0 Å². The molecule has 0 radical (unpaired) electrons. The van der Waals surface area contributed by atoms with E-state index in [4.69, 9.17) is 16.7 Å². The molecule has 0 saturated carbocycles. The van der Waals surface area contributed by atoms with E-state index in [0.717, 1.165) is 43.8 Å². The lowest BCUT2D eigenvalue weighted by atomic mass is 10.2. The van der Waals surface area contributed by atoms with Gasteiger partial charge in [0, 0.05) is 36.4 Å². The van der Waals surface area contributed by atoms with Gasteiger partial charge in [0.1, 0.15) is 17.1 Å². The minimum absolute atomic E-state index is 0.648. The van der Waals surface area contributed by atoms with Gasteiger partial charge in [0.05, 0.1) is 27.0 Å². The van der Waals surface area contributed by atoms with Gasteiger partial charge in [-0.2, -0.15) is 5.10 Å². The second kappa shape index (κ2) is 10.9. The van der Waals surface area contributed by atoms with Gasteiger partial charge in [0.2, 0.25) is 0 Å². The van der Waals surface area contributed by atoms with E-state index in [-0.39, 0.29) is 0 Å². The smallest absolute Gasteiger partial charge is 0.156 e. The molecule has 5 aromatic rings. The summed E-state index contributed by atoms with van der Waals surface area (Å²) < 4.78 is 14.0. The van der Waals surface area contributed by atoms with Gasteiger partial charge >= 0.3 is 0 Å². The molecule has 5 nitrogen and oxygen atoms in total. The topological polar surface area (TPSA) is 51.0 Å². The van der Waals surface area contributed by atoms with Gasteiger partial charge in [0.15, 0.2) is 4.90 Å². The fourth-order valence-electron chi connectivity index (χ4n) is 4.11. The number of pyridine rings is 1. The van der Waals surface area contributed by atoms with E-state index >= 15 is 0 Å². The zero-order valence-corrected chi connectivity index (χ0v) is 22.5. The Hall–Kier alpha value is -3.10. The molecule has 0 N–H and O–H groups in total. The Labute approximate surface area is 222 Å². The summed E-state index contributed by atoms with van der Waals surface area (Å²) in [4.78, 5) is 9.40. The normalized spacial score (nSPS) is 12.2. The number of thiophene rings is 1. The highest BCUT2D eigenvalue weighted by atomic mass is 35.5. The van der Waals surface area contributed by atoms with Crippen LogP contribution in [0.25, 0.3) is 26.7 Å². The van der Waals surface area contributed by atoms with Crippen molar-refractivity contribution in [2.75, 3.05) is 13.3 Å². The van der Waals surface area contributed by atoms with Crippen molar-refractivity contribution in [2.45, 2.75) is 18.0 Å². The van der Waals surface area contributed by atoms with E-state index in [1.807, 2.05) is 71.7 Å². The molecule has 5 rings (SSSR count). The number of hydrogen-bond donors (Lipinski definition) is 0. The van der Waals surface area contributed by atoms with Crippen molar-refractivity contribution >= 4 is 33.7 Å². The molecule has 3 heterocycles. The molecule has 0 spiro atoms. The monoisotopic (exact) mass is 533 g/mol. The van der Waals surface area contributed by atoms with Crippen molar-refractivity contribution in [2.24, 2.45) is 0 Å². The predicted molar refractivity (Wildman–Crippen MR) is 150 cm³/mol. The Bertz CT molecular complexity index is 1510. The molecule has 36 heavy (non-hydrogen) atoms. The van der Waals surface area contributed by atoms with Crippen LogP contribution >= 0.6 is 22.9 Å². The molecule has 1 unspecified atom stereocenters. The maximum Gasteiger partial charge on any atom is 0.156 e. The highest BCUT2D eigenvalue weighted by Gasteiger charge is 2.17. The van der Waals surface area contributed by atoms with Crippen molar-refractivity contribution in [3.05, 3.63) is 108 Å².